The molecule has 0 amide bonds. The van der Waals surface area contributed by atoms with Gasteiger partial charge in [-0.15, -0.1) is 0 Å². The Kier molecular flexibility index (Phi) is 3.80. The molecule has 16 heavy (non-hydrogen) atoms. The topological polar surface area (TPSA) is 27.6 Å². The first-order chi connectivity index (χ1) is 7.81. The van der Waals surface area contributed by atoms with Crippen LogP contribution in [0.3, 0.4) is 0 Å². The second-order valence-corrected chi connectivity index (χ2v) is 4.24. The van der Waals surface area contributed by atoms with E-state index in [2.05, 4.69) is 21.3 Å². The minimum absolute atomic E-state index is 0.765. The van der Waals surface area contributed by atoms with E-state index in [1.54, 1.807) is 0 Å². The minimum atomic E-state index is 0.765. The Morgan fingerprint density at radius 2 is 2.38 bits per heavy atom. The Balaban J connectivity index is 2.13. The van der Waals surface area contributed by atoms with Gasteiger partial charge in [0.25, 0.3) is 0 Å². The fraction of sp³-hybridized carbons (Fsp3) is 0.417. The Hall–Kier alpha value is -1.06. The molecule has 0 aromatic heterocycles. The van der Waals surface area contributed by atoms with Crippen LogP contribution in [0.4, 0.5) is 0 Å². The molecular weight excluding hydrogens is 222 g/mol. The monoisotopic (exact) mass is 237 g/mol. The van der Waals surface area contributed by atoms with Crippen molar-refractivity contribution in [3.8, 4) is 0 Å². The van der Waals surface area contributed by atoms with Gasteiger partial charge in [0.2, 0.25) is 0 Å². The van der Waals surface area contributed by atoms with E-state index in [1.165, 1.54) is 0 Å². The predicted octanol–water partition coefficient (Wildman–Crippen LogP) is 1.62. The Labute approximate surface area is 101 Å². The van der Waals surface area contributed by atoms with Crippen molar-refractivity contribution in [3.63, 3.8) is 0 Å². The summed E-state index contributed by atoms with van der Waals surface area (Å²) in [4.78, 5) is 6.83. The summed E-state index contributed by atoms with van der Waals surface area (Å²) < 4.78 is 0. The molecule has 1 heterocycles. The number of rotatable bonds is 4. The molecule has 1 aromatic rings. The first-order valence-corrected chi connectivity index (χ1v) is 5.89. The molecule has 1 aromatic carbocycles. The minimum Gasteiger partial charge on any atom is -0.353 e. The maximum atomic E-state index is 5.99. The van der Waals surface area contributed by atoms with Crippen molar-refractivity contribution < 1.29 is 0 Å². The number of benzene rings is 1. The van der Waals surface area contributed by atoms with Crippen molar-refractivity contribution in [2.45, 2.75) is 0 Å². The molecule has 0 fully saturated rings. The highest BCUT2D eigenvalue weighted by molar-refractivity contribution is 6.31. The zero-order valence-corrected chi connectivity index (χ0v) is 10.2. The third-order valence-electron chi connectivity index (χ3n) is 2.65. The van der Waals surface area contributed by atoms with Crippen LogP contribution in [-0.2, 0) is 0 Å². The second-order valence-electron chi connectivity index (χ2n) is 3.81. The van der Waals surface area contributed by atoms with Crippen molar-refractivity contribution in [2.24, 2.45) is 4.99 Å². The van der Waals surface area contributed by atoms with E-state index >= 15 is 0 Å². The zero-order chi connectivity index (χ0) is 11.4. The summed E-state index contributed by atoms with van der Waals surface area (Å²) in [5, 5.41) is 3.92. The molecule has 0 spiro atoms. The van der Waals surface area contributed by atoms with Gasteiger partial charge < -0.3 is 10.2 Å². The van der Waals surface area contributed by atoms with Gasteiger partial charge in [-0.05, 0) is 19.2 Å². The molecule has 86 valence electrons. The van der Waals surface area contributed by atoms with Crippen molar-refractivity contribution in [2.75, 3.05) is 33.2 Å². The number of amidine groups is 1. The summed E-state index contributed by atoms with van der Waals surface area (Å²) >= 11 is 5.99. The Morgan fingerprint density at radius 3 is 3.12 bits per heavy atom. The molecule has 0 bridgehead atoms. The fourth-order valence-electron chi connectivity index (χ4n) is 1.85. The average molecular weight is 238 g/mol. The normalized spacial score (nSPS) is 15.4. The molecule has 1 N–H and O–H groups in total. The highest BCUT2D eigenvalue weighted by atomic mass is 35.5. The van der Waals surface area contributed by atoms with E-state index < -0.39 is 0 Å². The number of hydrogen-bond acceptors (Lipinski definition) is 3. The van der Waals surface area contributed by atoms with E-state index in [1.807, 2.05) is 25.2 Å². The van der Waals surface area contributed by atoms with Gasteiger partial charge in [0, 0.05) is 30.2 Å². The highest BCUT2D eigenvalue weighted by Crippen LogP contribution is 2.15. The molecule has 1 aliphatic heterocycles. The lowest BCUT2D eigenvalue weighted by molar-refractivity contribution is 0.453. The molecule has 1 aliphatic rings. The van der Waals surface area contributed by atoms with Crippen LogP contribution in [0.1, 0.15) is 5.56 Å². The van der Waals surface area contributed by atoms with Gasteiger partial charge in [0.05, 0.1) is 6.54 Å². The summed E-state index contributed by atoms with van der Waals surface area (Å²) in [7, 11) is 1.96. The molecule has 0 aliphatic carbocycles. The predicted molar refractivity (Wildman–Crippen MR) is 68.4 cm³/mol. The summed E-state index contributed by atoms with van der Waals surface area (Å²) in [6.07, 6.45) is 0. The molecule has 0 unspecified atom stereocenters. The van der Waals surface area contributed by atoms with E-state index in [9.17, 15) is 0 Å². The molecule has 4 heteroatoms. The molecule has 0 radical (unpaired) electrons. The van der Waals surface area contributed by atoms with E-state index in [0.29, 0.717) is 0 Å². The fourth-order valence-corrected chi connectivity index (χ4v) is 2.04. The van der Waals surface area contributed by atoms with Crippen molar-refractivity contribution in [1.29, 1.82) is 0 Å². The van der Waals surface area contributed by atoms with Gasteiger partial charge in [-0.25, -0.2) is 0 Å². The van der Waals surface area contributed by atoms with Crippen LogP contribution in [0, 0.1) is 0 Å². The number of nitrogens with one attached hydrogen (secondary N) is 1. The van der Waals surface area contributed by atoms with Gasteiger partial charge in [-0.1, -0.05) is 23.7 Å². The maximum Gasteiger partial charge on any atom is 0.131 e. The lowest BCUT2D eigenvalue weighted by Crippen LogP contribution is -2.34. The van der Waals surface area contributed by atoms with Crippen molar-refractivity contribution in [3.05, 3.63) is 34.9 Å². The maximum absolute atomic E-state index is 5.99. The smallest absolute Gasteiger partial charge is 0.131 e. The first kappa shape index (κ1) is 11.4. The highest BCUT2D eigenvalue weighted by Gasteiger charge is 2.17. The van der Waals surface area contributed by atoms with E-state index in [4.69, 9.17) is 11.6 Å². The van der Waals surface area contributed by atoms with Gasteiger partial charge in [0.1, 0.15) is 5.84 Å². The summed E-state index contributed by atoms with van der Waals surface area (Å²) in [6.45, 7) is 3.84. The molecule has 0 atom stereocenters. The first-order valence-electron chi connectivity index (χ1n) is 5.51. The lowest BCUT2D eigenvalue weighted by atomic mass is 10.2. The van der Waals surface area contributed by atoms with Crippen LogP contribution in [0.15, 0.2) is 29.3 Å². The summed E-state index contributed by atoms with van der Waals surface area (Å²) in [5.74, 6) is 1.07. The number of likely N-dealkylation sites (N-methyl/N-ethyl adjacent to an activating group) is 1. The lowest BCUT2D eigenvalue weighted by Gasteiger charge is -2.20. The zero-order valence-electron chi connectivity index (χ0n) is 9.41. The largest absolute Gasteiger partial charge is 0.353 e. The standard InChI is InChI=1S/C12H16ClN3/c1-14-5-7-16-8-6-15-12(16)10-3-2-4-11(13)9-10/h2-4,9,14H,5-8H2,1H3. The third-order valence-corrected chi connectivity index (χ3v) is 2.88. The van der Waals surface area contributed by atoms with Crippen LogP contribution in [0.25, 0.3) is 0 Å². The average Bonchev–Trinajstić information content (AvgIpc) is 2.74. The van der Waals surface area contributed by atoms with Crippen LogP contribution in [0.5, 0.6) is 0 Å². The molecule has 0 saturated carbocycles. The van der Waals surface area contributed by atoms with Gasteiger partial charge in [-0.3, -0.25) is 4.99 Å². The third kappa shape index (κ3) is 2.54. The van der Waals surface area contributed by atoms with Crippen LogP contribution in [0.2, 0.25) is 5.02 Å². The van der Waals surface area contributed by atoms with Gasteiger partial charge in [-0.2, -0.15) is 0 Å². The number of halogens is 1. The molecule has 2 rings (SSSR count). The molecular formula is C12H16ClN3. The summed E-state index contributed by atoms with van der Waals surface area (Å²) in [6, 6.07) is 7.88. The number of nitrogens with zero attached hydrogens (tertiary/aromatic N) is 2. The Morgan fingerprint density at radius 1 is 1.50 bits per heavy atom. The van der Waals surface area contributed by atoms with Crippen molar-refractivity contribution in [1.82, 2.24) is 10.2 Å². The van der Waals surface area contributed by atoms with E-state index in [0.717, 1.165) is 42.6 Å². The quantitative estimate of drug-likeness (QED) is 0.862. The SMILES string of the molecule is CNCCN1CCN=C1c1cccc(Cl)c1. The Bertz CT molecular complexity index is 390. The van der Waals surface area contributed by atoms with E-state index in [-0.39, 0.29) is 0 Å². The number of aliphatic imine (C=N–C) groups is 1. The molecule has 3 nitrogen and oxygen atoms in total. The van der Waals surface area contributed by atoms with Crippen LogP contribution >= 0.6 is 11.6 Å². The van der Waals surface area contributed by atoms with Crippen LogP contribution in [-0.4, -0.2) is 44.0 Å². The molecule has 0 saturated heterocycles. The number of hydrogen-bond donors (Lipinski definition) is 1. The second kappa shape index (κ2) is 5.32. The van der Waals surface area contributed by atoms with Crippen molar-refractivity contribution >= 4 is 17.4 Å². The van der Waals surface area contributed by atoms with Gasteiger partial charge >= 0.3 is 0 Å². The summed E-state index contributed by atoms with van der Waals surface area (Å²) in [5.41, 5.74) is 1.11. The van der Waals surface area contributed by atoms with Crippen LogP contribution < -0.4 is 5.32 Å². The van der Waals surface area contributed by atoms with Gasteiger partial charge in [0.15, 0.2) is 0 Å².